The Morgan fingerprint density at radius 1 is 1.20 bits per heavy atom. The zero-order valence-electron chi connectivity index (χ0n) is 16.3. The van der Waals surface area contributed by atoms with Crippen LogP contribution in [-0.2, 0) is 13.5 Å². The topological polar surface area (TPSA) is 54.2 Å². The van der Waals surface area contributed by atoms with Crippen LogP contribution in [0, 0.1) is 13.8 Å². The summed E-state index contributed by atoms with van der Waals surface area (Å²) >= 11 is 0. The van der Waals surface area contributed by atoms with Gasteiger partial charge in [0.1, 0.15) is 0 Å². The molecule has 2 rings (SSSR count). The molecule has 1 aromatic carbocycles. The Bertz CT molecular complexity index is 702. The lowest BCUT2D eigenvalue weighted by atomic mass is 10.0. The van der Waals surface area contributed by atoms with Crippen molar-refractivity contribution >= 4 is 5.96 Å². The summed E-state index contributed by atoms with van der Waals surface area (Å²) in [6.07, 6.45) is 0.931. The molecule has 0 saturated carbocycles. The van der Waals surface area contributed by atoms with Crippen molar-refractivity contribution in [3.63, 3.8) is 0 Å². The van der Waals surface area contributed by atoms with Gasteiger partial charge in [-0.25, -0.2) is 0 Å². The molecule has 0 saturated heterocycles. The SMILES string of the molecule is CN=C(NCC(C)c1ccccc1)NC(C)Cc1c(C)nn(C)c1C. The highest BCUT2D eigenvalue weighted by atomic mass is 15.3. The molecular formula is C20H31N5. The van der Waals surface area contributed by atoms with Crippen LogP contribution in [0.5, 0.6) is 0 Å². The number of hydrogen-bond donors (Lipinski definition) is 2. The molecule has 2 N–H and O–H groups in total. The zero-order chi connectivity index (χ0) is 18.4. The van der Waals surface area contributed by atoms with E-state index in [-0.39, 0.29) is 6.04 Å². The second-order valence-electron chi connectivity index (χ2n) is 6.79. The van der Waals surface area contributed by atoms with Crippen molar-refractivity contribution in [3.8, 4) is 0 Å². The summed E-state index contributed by atoms with van der Waals surface area (Å²) in [6.45, 7) is 9.45. The first-order chi connectivity index (χ1) is 11.9. The van der Waals surface area contributed by atoms with Crippen molar-refractivity contribution in [1.29, 1.82) is 0 Å². The minimum Gasteiger partial charge on any atom is -0.356 e. The molecule has 0 amide bonds. The molecule has 0 aliphatic carbocycles. The van der Waals surface area contributed by atoms with Crippen molar-refractivity contribution in [2.75, 3.05) is 13.6 Å². The maximum atomic E-state index is 4.50. The van der Waals surface area contributed by atoms with Crippen LogP contribution in [-0.4, -0.2) is 35.4 Å². The van der Waals surface area contributed by atoms with Crippen LogP contribution in [0.15, 0.2) is 35.3 Å². The van der Waals surface area contributed by atoms with Gasteiger partial charge in [0.05, 0.1) is 5.69 Å². The fraction of sp³-hybridized carbons (Fsp3) is 0.500. The Kier molecular flexibility index (Phi) is 6.62. The fourth-order valence-electron chi connectivity index (χ4n) is 3.05. The summed E-state index contributed by atoms with van der Waals surface area (Å²) in [4.78, 5) is 4.36. The standard InChI is InChI=1S/C20H31N5/c1-14(18-10-8-7-9-11-18)13-22-20(21-5)23-15(2)12-19-16(3)24-25(6)17(19)4/h7-11,14-15H,12-13H2,1-6H3,(H2,21,22,23). The summed E-state index contributed by atoms with van der Waals surface area (Å²) < 4.78 is 1.95. The Morgan fingerprint density at radius 2 is 1.88 bits per heavy atom. The molecule has 5 nitrogen and oxygen atoms in total. The molecule has 0 bridgehead atoms. The Balaban J connectivity index is 1.89. The van der Waals surface area contributed by atoms with Gasteiger partial charge in [0.15, 0.2) is 5.96 Å². The summed E-state index contributed by atoms with van der Waals surface area (Å²) in [5.74, 6) is 1.27. The lowest BCUT2D eigenvalue weighted by Crippen LogP contribution is -2.44. The Hall–Kier alpha value is -2.30. The number of nitrogens with zero attached hydrogens (tertiary/aromatic N) is 3. The molecule has 136 valence electrons. The molecular weight excluding hydrogens is 310 g/mol. The van der Waals surface area contributed by atoms with Crippen molar-refractivity contribution in [2.24, 2.45) is 12.0 Å². The normalized spacial score (nSPS) is 14.2. The quantitative estimate of drug-likeness (QED) is 0.627. The number of nitrogens with one attached hydrogen (secondary N) is 2. The first-order valence-corrected chi connectivity index (χ1v) is 8.93. The number of guanidine groups is 1. The minimum absolute atomic E-state index is 0.278. The van der Waals surface area contributed by atoms with E-state index in [1.807, 2.05) is 24.8 Å². The van der Waals surface area contributed by atoms with Crippen LogP contribution in [0.4, 0.5) is 0 Å². The van der Waals surface area contributed by atoms with Gasteiger partial charge in [0, 0.05) is 32.4 Å². The van der Waals surface area contributed by atoms with E-state index in [1.165, 1.54) is 16.8 Å². The van der Waals surface area contributed by atoms with Gasteiger partial charge in [0.25, 0.3) is 0 Å². The molecule has 1 aromatic heterocycles. The summed E-state index contributed by atoms with van der Waals surface area (Å²) in [7, 11) is 3.81. The minimum atomic E-state index is 0.278. The van der Waals surface area contributed by atoms with Crippen LogP contribution in [0.2, 0.25) is 0 Å². The van der Waals surface area contributed by atoms with Crippen molar-refractivity contribution < 1.29 is 0 Å². The second-order valence-corrected chi connectivity index (χ2v) is 6.79. The predicted octanol–water partition coefficient (Wildman–Crippen LogP) is 2.94. The van der Waals surface area contributed by atoms with Crippen LogP contribution in [0.25, 0.3) is 0 Å². The van der Waals surface area contributed by atoms with Gasteiger partial charge >= 0.3 is 0 Å². The lowest BCUT2D eigenvalue weighted by molar-refractivity contribution is 0.624. The van der Waals surface area contributed by atoms with Gasteiger partial charge in [-0.05, 0) is 44.2 Å². The highest BCUT2D eigenvalue weighted by molar-refractivity contribution is 5.80. The molecule has 0 aliphatic heterocycles. The van der Waals surface area contributed by atoms with Gasteiger partial charge < -0.3 is 10.6 Å². The zero-order valence-corrected chi connectivity index (χ0v) is 16.3. The summed E-state index contributed by atoms with van der Waals surface area (Å²) in [6, 6.07) is 10.8. The molecule has 1 heterocycles. The average molecular weight is 342 g/mol. The van der Waals surface area contributed by atoms with E-state index in [0.717, 1.165) is 24.6 Å². The van der Waals surface area contributed by atoms with Crippen molar-refractivity contribution in [3.05, 3.63) is 52.8 Å². The molecule has 0 spiro atoms. The number of rotatable bonds is 6. The molecule has 0 fully saturated rings. The Morgan fingerprint density at radius 3 is 2.44 bits per heavy atom. The van der Waals surface area contributed by atoms with E-state index >= 15 is 0 Å². The number of aliphatic imine (C=N–C) groups is 1. The van der Waals surface area contributed by atoms with Crippen LogP contribution >= 0.6 is 0 Å². The molecule has 2 unspecified atom stereocenters. The third-order valence-electron chi connectivity index (χ3n) is 4.72. The lowest BCUT2D eigenvalue weighted by Gasteiger charge is -2.20. The number of aryl methyl sites for hydroxylation is 2. The average Bonchev–Trinajstić information content (AvgIpc) is 2.85. The van der Waals surface area contributed by atoms with Crippen molar-refractivity contribution in [1.82, 2.24) is 20.4 Å². The molecule has 5 heteroatoms. The predicted molar refractivity (Wildman–Crippen MR) is 105 cm³/mol. The first kappa shape index (κ1) is 19.0. The third-order valence-corrected chi connectivity index (χ3v) is 4.72. The summed E-state index contributed by atoms with van der Waals surface area (Å²) in [5, 5.41) is 11.4. The summed E-state index contributed by atoms with van der Waals surface area (Å²) in [5.41, 5.74) is 4.98. The van der Waals surface area contributed by atoms with Gasteiger partial charge in [-0.15, -0.1) is 0 Å². The molecule has 2 aromatic rings. The smallest absolute Gasteiger partial charge is 0.191 e. The second kappa shape index (κ2) is 8.70. The van der Waals surface area contributed by atoms with E-state index in [2.05, 4.69) is 72.7 Å². The molecule has 0 radical (unpaired) electrons. The first-order valence-electron chi connectivity index (χ1n) is 8.93. The molecule has 25 heavy (non-hydrogen) atoms. The van der Waals surface area contributed by atoms with Crippen LogP contribution in [0.3, 0.4) is 0 Å². The van der Waals surface area contributed by atoms with E-state index in [9.17, 15) is 0 Å². The van der Waals surface area contributed by atoms with Gasteiger partial charge in [-0.1, -0.05) is 37.3 Å². The number of aromatic nitrogens is 2. The third kappa shape index (κ3) is 5.08. The number of benzene rings is 1. The van der Waals surface area contributed by atoms with E-state index in [0.29, 0.717) is 5.92 Å². The van der Waals surface area contributed by atoms with Gasteiger partial charge in [-0.2, -0.15) is 5.10 Å². The highest BCUT2D eigenvalue weighted by Crippen LogP contribution is 2.15. The van der Waals surface area contributed by atoms with E-state index < -0.39 is 0 Å². The molecule has 0 aliphatic rings. The van der Waals surface area contributed by atoms with Crippen molar-refractivity contribution in [2.45, 2.75) is 46.1 Å². The van der Waals surface area contributed by atoms with Gasteiger partial charge in [-0.3, -0.25) is 9.67 Å². The largest absolute Gasteiger partial charge is 0.356 e. The maximum absolute atomic E-state index is 4.50. The molecule has 2 atom stereocenters. The van der Waals surface area contributed by atoms with E-state index in [1.54, 1.807) is 0 Å². The Labute approximate surface area is 151 Å². The monoisotopic (exact) mass is 341 g/mol. The van der Waals surface area contributed by atoms with Crippen LogP contribution in [0.1, 0.15) is 42.3 Å². The number of hydrogen-bond acceptors (Lipinski definition) is 2. The fourth-order valence-corrected chi connectivity index (χ4v) is 3.05. The van der Waals surface area contributed by atoms with Crippen LogP contribution < -0.4 is 10.6 Å². The van der Waals surface area contributed by atoms with E-state index in [4.69, 9.17) is 0 Å². The highest BCUT2D eigenvalue weighted by Gasteiger charge is 2.14. The van der Waals surface area contributed by atoms with Gasteiger partial charge in [0.2, 0.25) is 0 Å². The maximum Gasteiger partial charge on any atom is 0.191 e.